The molecule has 0 aromatic heterocycles. The van der Waals surface area contributed by atoms with Crippen molar-refractivity contribution in [2.75, 3.05) is 39.3 Å². The van der Waals surface area contributed by atoms with Crippen LogP contribution in [0.2, 0.25) is 0 Å². The zero-order valence-electron chi connectivity index (χ0n) is 10.8. The van der Waals surface area contributed by atoms with Crippen LogP contribution >= 0.6 is 0 Å². The zero-order chi connectivity index (χ0) is 13.0. The molecule has 1 aromatic carbocycles. The van der Waals surface area contributed by atoms with Crippen molar-refractivity contribution >= 4 is 5.91 Å². The minimum Gasteiger partial charge on any atom is -0.395 e. The van der Waals surface area contributed by atoms with E-state index in [1.165, 1.54) is 5.56 Å². The third-order valence-corrected chi connectivity index (χ3v) is 3.37. The fourth-order valence-corrected chi connectivity index (χ4v) is 2.19. The molecule has 0 radical (unpaired) electrons. The van der Waals surface area contributed by atoms with Crippen LogP contribution in [0.4, 0.5) is 0 Å². The Morgan fingerprint density at radius 3 is 2.33 bits per heavy atom. The highest BCUT2D eigenvalue weighted by atomic mass is 16.3. The Kier molecular flexibility index (Phi) is 4.33. The molecule has 18 heavy (non-hydrogen) atoms. The first-order valence-electron chi connectivity index (χ1n) is 6.40. The minimum atomic E-state index is 0.110. The van der Waals surface area contributed by atoms with Crippen molar-refractivity contribution < 1.29 is 9.90 Å². The summed E-state index contributed by atoms with van der Waals surface area (Å²) in [6.45, 7) is 6.08. The van der Waals surface area contributed by atoms with E-state index in [1.807, 2.05) is 36.1 Å². The molecule has 1 saturated heterocycles. The molecule has 4 nitrogen and oxygen atoms in total. The van der Waals surface area contributed by atoms with E-state index in [0.717, 1.165) is 31.7 Å². The first-order chi connectivity index (χ1) is 8.70. The Morgan fingerprint density at radius 1 is 1.17 bits per heavy atom. The molecule has 1 aromatic rings. The molecule has 0 spiro atoms. The maximum atomic E-state index is 12.2. The molecule has 1 fully saturated rings. The van der Waals surface area contributed by atoms with E-state index in [0.29, 0.717) is 6.54 Å². The Hall–Kier alpha value is -1.39. The Balaban J connectivity index is 1.93. The standard InChI is InChI=1S/C14H20N2O2/c1-12-2-4-13(5-3-12)14(18)16-8-6-15(7-9-16)10-11-17/h2-5,17H,6-11H2,1H3. The van der Waals surface area contributed by atoms with Crippen molar-refractivity contribution in [3.05, 3.63) is 35.4 Å². The van der Waals surface area contributed by atoms with Gasteiger partial charge in [-0.25, -0.2) is 0 Å². The summed E-state index contributed by atoms with van der Waals surface area (Å²) in [7, 11) is 0. The van der Waals surface area contributed by atoms with Gasteiger partial charge in [-0.3, -0.25) is 9.69 Å². The number of aliphatic hydroxyl groups excluding tert-OH is 1. The van der Waals surface area contributed by atoms with Crippen molar-refractivity contribution in [2.45, 2.75) is 6.92 Å². The third-order valence-electron chi connectivity index (χ3n) is 3.37. The van der Waals surface area contributed by atoms with E-state index < -0.39 is 0 Å². The van der Waals surface area contributed by atoms with Gasteiger partial charge in [0.25, 0.3) is 5.91 Å². The van der Waals surface area contributed by atoms with Crippen molar-refractivity contribution in [3.63, 3.8) is 0 Å². The number of nitrogens with zero attached hydrogens (tertiary/aromatic N) is 2. The zero-order valence-corrected chi connectivity index (χ0v) is 10.8. The molecule has 0 bridgehead atoms. The van der Waals surface area contributed by atoms with Crippen LogP contribution < -0.4 is 0 Å². The number of rotatable bonds is 3. The molecule has 4 heteroatoms. The first kappa shape index (κ1) is 13.1. The smallest absolute Gasteiger partial charge is 0.253 e. The van der Waals surface area contributed by atoms with Crippen molar-refractivity contribution in [1.29, 1.82) is 0 Å². The summed E-state index contributed by atoms with van der Waals surface area (Å²) >= 11 is 0. The van der Waals surface area contributed by atoms with Gasteiger partial charge in [-0.05, 0) is 19.1 Å². The molecule has 2 rings (SSSR count). The first-order valence-corrected chi connectivity index (χ1v) is 6.40. The average molecular weight is 248 g/mol. The molecule has 0 atom stereocenters. The lowest BCUT2D eigenvalue weighted by Crippen LogP contribution is -2.49. The largest absolute Gasteiger partial charge is 0.395 e. The fraction of sp³-hybridized carbons (Fsp3) is 0.500. The van der Waals surface area contributed by atoms with E-state index in [2.05, 4.69) is 4.90 Å². The van der Waals surface area contributed by atoms with Crippen LogP contribution in [-0.4, -0.2) is 60.1 Å². The van der Waals surface area contributed by atoms with Gasteiger partial charge in [0.1, 0.15) is 0 Å². The van der Waals surface area contributed by atoms with Gasteiger partial charge in [-0.15, -0.1) is 0 Å². The highest BCUT2D eigenvalue weighted by Crippen LogP contribution is 2.09. The highest BCUT2D eigenvalue weighted by molar-refractivity contribution is 5.94. The second-order valence-electron chi connectivity index (χ2n) is 4.72. The summed E-state index contributed by atoms with van der Waals surface area (Å²) in [5.41, 5.74) is 1.93. The minimum absolute atomic E-state index is 0.110. The van der Waals surface area contributed by atoms with Gasteiger partial charge >= 0.3 is 0 Å². The van der Waals surface area contributed by atoms with E-state index in [1.54, 1.807) is 0 Å². The van der Waals surface area contributed by atoms with E-state index in [9.17, 15) is 4.79 Å². The summed E-state index contributed by atoms with van der Waals surface area (Å²) in [6, 6.07) is 7.71. The number of carbonyl (C=O) groups is 1. The van der Waals surface area contributed by atoms with Crippen molar-refractivity contribution in [1.82, 2.24) is 9.80 Å². The Bertz CT molecular complexity index is 395. The number of hydrogen-bond acceptors (Lipinski definition) is 3. The van der Waals surface area contributed by atoms with Crippen molar-refractivity contribution in [3.8, 4) is 0 Å². The van der Waals surface area contributed by atoms with Crippen LogP contribution in [-0.2, 0) is 0 Å². The Morgan fingerprint density at radius 2 is 1.78 bits per heavy atom. The predicted molar refractivity (Wildman–Crippen MR) is 70.6 cm³/mol. The quantitative estimate of drug-likeness (QED) is 0.858. The number of β-amino-alcohol motifs (C(OH)–C–C–N with tert-alkyl or cyclic N) is 1. The van der Waals surface area contributed by atoms with Crippen LogP contribution in [0.1, 0.15) is 15.9 Å². The van der Waals surface area contributed by atoms with Gasteiger partial charge in [0, 0.05) is 38.3 Å². The molecule has 98 valence electrons. The van der Waals surface area contributed by atoms with Gasteiger partial charge in [0.15, 0.2) is 0 Å². The number of aryl methyl sites for hydroxylation is 1. The number of carbonyl (C=O) groups excluding carboxylic acids is 1. The molecule has 1 amide bonds. The second kappa shape index (κ2) is 5.98. The fourth-order valence-electron chi connectivity index (χ4n) is 2.19. The van der Waals surface area contributed by atoms with E-state index >= 15 is 0 Å². The topological polar surface area (TPSA) is 43.8 Å². The summed E-state index contributed by atoms with van der Waals surface area (Å²) in [6.07, 6.45) is 0. The number of benzene rings is 1. The van der Waals surface area contributed by atoms with Crippen LogP contribution in [0.3, 0.4) is 0 Å². The van der Waals surface area contributed by atoms with Gasteiger partial charge < -0.3 is 10.0 Å². The molecule has 1 aliphatic rings. The molecule has 0 aliphatic carbocycles. The van der Waals surface area contributed by atoms with Crippen molar-refractivity contribution in [2.24, 2.45) is 0 Å². The van der Waals surface area contributed by atoms with Crippen LogP contribution in [0.25, 0.3) is 0 Å². The summed E-state index contributed by atoms with van der Waals surface area (Å²) < 4.78 is 0. The SMILES string of the molecule is Cc1ccc(C(=O)N2CCN(CCO)CC2)cc1. The molecule has 1 aliphatic heterocycles. The lowest BCUT2D eigenvalue weighted by atomic mass is 10.1. The molecule has 0 unspecified atom stereocenters. The summed E-state index contributed by atoms with van der Waals surface area (Å²) in [4.78, 5) is 16.3. The van der Waals surface area contributed by atoms with Crippen LogP contribution in [0.5, 0.6) is 0 Å². The monoisotopic (exact) mass is 248 g/mol. The maximum Gasteiger partial charge on any atom is 0.253 e. The number of hydrogen-bond donors (Lipinski definition) is 1. The molecule has 1 N–H and O–H groups in total. The van der Waals surface area contributed by atoms with E-state index in [-0.39, 0.29) is 12.5 Å². The van der Waals surface area contributed by atoms with Crippen LogP contribution in [0, 0.1) is 6.92 Å². The molecular weight excluding hydrogens is 228 g/mol. The average Bonchev–Trinajstić information content (AvgIpc) is 2.40. The Labute approximate surface area is 108 Å². The number of aliphatic hydroxyl groups is 1. The van der Waals surface area contributed by atoms with E-state index in [4.69, 9.17) is 5.11 Å². The summed E-state index contributed by atoms with van der Waals surface area (Å²) in [5.74, 6) is 0.110. The normalized spacial score (nSPS) is 16.9. The number of piperazine rings is 1. The lowest BCUT2D eigenvalue weighted by Gasteiger charge is -2.34. The third kappa shape index (κ3) is 3.09. The molecular formula is C14H20N2O2. The van der Waals surface area contributed by atoms with Gasteiger partial charge in [0.05, 0.1) is 6.61 Å². The molecule has 1 heterocycles. The molecule has 0 saturated carbocycles. The highest BCUT2D eigenvalue weighted by Gasteiger charge is 2.21. The van der Waals surface area contributed by atoms with Crippen LogP contribution in [0.15, 0.2) is 24.3 Å². The second-order valence-corrected chi connectivity index (χ2v) is 4.72. The number of amides is 1. The van der Waals surface area contributed by atoms with Gasteiger partial charge in [-0.1, -0.05) is 17.7 Å². The lowest BCUT2D eigenvalue weighted by molar-refractivity contribution is 0.0615. The summed E-state index contributed by atoms with van der Waals surface area (Å²) in [5, 5.41) is 8.88. The van der Waals surface area contributed by atoms with Gasteiger partial charge in [-0.2, -0.15) is 0 Å². The van der Waals surface area contributed by atoms with Gasteiger partial charge in [0.2, 0.25) is 0 Å². The maximum absolute atomic E-state index is 12.2. The predicted octanol–water partition coefficient (Wildman–Crippen LogP) is 0.745.